The van der Waals surface area contributed by atoms with Gasteiger partial charge in [0.25, 0.3) is 0 Å². The van der Waals surface area contributed by atoms with Crippen LogP contribution in [-0.2, 0) is 9.59 Å². The van der Waals surface area contributed by atoms with Gasteiger partial charge in [0.05, 0.1) is 6.54 Å². The maximum absolute atomic E-state index is 11.4. The van der Waals surface area contributed by atoms with Crippen molar-refractivity contribution < 1.29 is 9.59 Å². The molecule has 0 rings (SSSR count). The van der Waals surface area contributed by atoms with E-state index in [-0.39, 0.29) is 24.3 Å². The number of nitrogens with two attached hydrogens (primary N) is 1. The van der Waals surface area contributed by atoms with Crippen molar-refractivity contribution in [1.29, 1.82) is 0 Å². The van der Waals surface area contributed by atoms with Crippen LogP contribution in [0.2, 0.25) is 0 Å². The van der Waals surface area contributed by atoms with Crippen LogP contribution in [0, 0.1) is 5.92 Å². The highest BCUT2D eigenvalue weighted by atomic mass is 16.2. The smallest absolute Gasteiger partial charge is 0.242 e. The summed E-state index contributed by atoms with van der Waals surface area (Å²) in [5.74, 6) is -0.384. The molecule has 0 saturated heterocycles. The van der Waals surface area contributed by atoms with Crippen LogP contribution in [0.25, 0.3) is 0 Å². The maximum Gasteiger partial charge on any atom is 0.242 e. The minimum Gasteiger partial charge on any atom is -0.357 e. The molecule has 82 valence electrons. The Kier molecular flexibility index (Phi) is 5.87. The Hall–Kier alpha value is -1.10. The van der Waals surface area contributed by atoms with Crippen LogP contribution < -0.4 is 16.4 Å². The van der Waals surface area contributed by atoms with E-state index in [1.54, 1.807) is 7.05 Å². The molecule has 0 fully saturated rings. The Balaban J connectivity index is 4.39. The first-order valence-electron chi connectivity index (χ1n) is 4.77. The van der Waals surface area contributed by atoms with Crippen molar-refractivity contribution >= 4 is 11.8 Å². The summed E-state index contributed by atoms with van der Waals surface area (Å²) in [6, 6.07) is -0.485. The Morgan fingerprint density at radius 3 is 2.36 bits per heavy atom. The van der Waals surface area contributed by atoms with Gasteiger partial charge >= 0.3 is 0 Å². The van der Waals surface area contributed by atoms with Crippen molar-refractivity contribution in [2.45, 2.75) is 26.3 Å². The van der Waals surface area contributed by atoms with Crippen molar-refractivity contribution in [3.05, 3.63) is 0 Å². The van der Waals surface area contributed by atoms with Gasteiger partial charge in [0, 0.05) is 7.05 Å². The van der Waals surface area contributed by atoms with Gasteiger partial charge in [0.2, 0.25) is 11.8 Å². The van der Waals surface area contributed by atoms with E-state index in [1.807, 2.05) is 13.8 Å². The molecule has 14 heavy (non-hydrogen) atoms. The number of likely N-dealkylation sites (N-methyl/N-ethyl adjacent to an activating group) is 1. The van der Waals surface area contributed by atoms with Gasteiger partial charge in [-0.3, -0.25) is 9.59 Å². The standard InChI is InChI=1S/C9H19N3O2/c1-4-6(2)8(9(14)11-3)12-7(13)5-10/h6,8H,4-5,10H2,1-3H3,(H,11,14)(H,12,13). The van der Waals surface area contributed by atoms with Crippen molar-refractivity contribution in [3.8, 4) is 0 Å². The molecule has 0 aromatic carbocycles. The van der Waals surface area contributed by atoms with E-state index in [0.29, 0.717) is 0 Å². The molecular weight excluding hydrogens is 182 g/mol. The monoisotopic (exact) mass is 201 g/mol. The van der Waals surface area contributed by atoms with Crippen LogP contribution in [0.3, 0.4) is 0 Å². The Bertz CT molecular complexity index is 206. The van der Waals surface area contributed by atoms with Crippen molar-refractivity contribution in [1.82, 2.24) is 10.6 Å². The predicted octanol–water partition coefficient (Wildman–Crippen LogP) is -0.778. The molecule has 0 aromatic heterocycles. The molecule has 0 aliphatic carbocycles. The molecule has 0 bridgehead atoms. The number of rotatable bonds is 5. The van der Waals surface area contributed by atoms with Crippen LogP contribution in [0.4, 0.5) is 0 Å². The van der Waals surface area contributed by atoms with Crippen LogP contribution in [-0.4, -0.2) is 31.4 Å². The molecule has 2 amide bonds. The molecule has 5 nitrogen and oxygen atoms in total. The average Bonchev–Trinajstić information content (AvgIpc) is 2.23. The molecule has 0 radical (unpaired) electrons. The van der Waals surface area contributed by atoms with Crippen LogP contribution in [0.5, 0.6) is 0 Å². The van der Waals surface area contributed by atoms with Crippen LogP contribution in [0.15, 0.2) is 0 Å². The minimum atomic E-state index is -0.485. The fraction of sp³-hybridized carbons (Fsp3) is 0.778. The van der Waals surface area contributed by atoms with E-state index in [9.17, 15) is 9.59 Å². The van der Waals surface area contributed by atoms with E-state index in [4.69, 9.17) is 5.73 Å². The topological polar surface area (TPSA) is 84.2 Å². The van der Waals surface area contributed by atoms with Crippen molar-refractivity contribution in [2.24, 2.45) is 11.7 Å². The Labute approximate surface area is 84.4 Å². The summed E-state index contributed by atoms with van der Waals surface area (Å²) in [5, 5.41) is 5.11. The van der Waals surface area contributed by atoms with E-state index < -0.39 is 6.04 Å². The second kappa shape index (κ2) is 6.37. The summed E-state index contributed by atoms with van der Waals surface area (Å²) >= 11 is 0. The lowest BCUT2D eigenvalue weighted by Crippen LogP contribution is -2.50. The van der Waals surface area contributed by atoms with Gasteiger partial charge in [-0.2, -0.15) is 0 Å². The molecule has 0 heterocycles. The third-order valence-electron chi connectivity index (χ3n) is 2.24. The van der Waals surface area contributed by atoms with Crippen molar-refractivity contribution in [2.75, 3.05) is 13.6 Å². The number of hydrogen-bond acceptors (Lipinski definition) is 3. The van der Waals surface area contributed by atoms with Gasteiger partial charge in [-0.15, -0.1) is 0 Å². The zero-order valence-corrected chi connectivity index (χ0v) is 8.96. The zero-order chi connectivity index (χ0) is 11.1. The van der Waals surface area contributed by atoms with Gasteiger partial charge < -0.3 is 16.4 Å². The second-order valence-electron chi connectivity index (χ2n) is 3.25. The summed E-state index contributed by atoms with van der Waals surface area (Å²) in [4.78, 5) is 22.4. The fourth-order valence-corrected chi connectivity index (χ4v) is 1.09. The lowest BCUT2D eigenvalue weighted by Gasteiger charge is -2.22. The third-order valence-corrected chi connectivity index (χ3v) is 2.24. The van der Waals surface area contributed by atoms with E-state index in [2.05, 4.69) is 10.6 Å². The van der Waals surface area contributed by atoms with Crippen LogP contribution in [0.1, 0.15) is 20.3 Å². The first-order chi connectivity index (χ1) is 6.56. The predicted molar refractivity (Wildman–Crippen MR) is 54.5 cm³/mol. The van der Waals surface area contributed by atoms with Crippen LogP contribution >= 0.6 is 0 Å². The first kappa shape index (κ1) is 12.9. The lowest BCUT2D eigenvalue weighted by molar-refractivity contribution is -0.129. The molecule has 0 aliphatic heterocycles. The molecule has 4 N–H and O–H groups in total. The number of hydrogen-bond donors (Lipinski definition) is 3. The highest BCUT2D eigenvalue weighted by molar-refractivity contribution is 5.88. The summed E-state index contributed by atoms with van der Waals surface area (Å²) in [5.41, 5.74) is 5.16. The Morgan fingerprint density at radius 2 is 2.00 bits per heavy atom. The highest BCUT2D eigenvalue weighted by Crippen LogP contribution is 2.07. The minimum absolute atomic E-state index is 0.0933. The molecular formula is C9H19N3O2. The molecule has 2 atom stereocenters. The first-order valence-corrected chi connectivity index (χ1v) is 4.77. The lowest BCUT2D eigenvalue weighted by atomic mass is 9.98. The second-order valence-corrected chi connectivity index (χ2v) is 3.25. The normalized spacial score (nSPS) is 14.3. The SMILES string of the molecule is CCC(C)C(NC(=O)CN)C(=O)NC. The van der Waals surface area contributed by atoms with E-state index >= 15 is 0 Å². The average molecular weight is 201 g/mol. The van der Waals surface area contributed by atoms with Gasteiger partial charge in [-0.05, 0) is 5.92 Å². The third kappa shape index (κ3) is 3.74. The summed E-state index contributed by atoms with van der Waals surface area (Å²) in [6.07, 6.45) is 0.822. The van der Waals surface area contributed by atoms with Gasteiger partial charge in [0.1, 0.15) is 6.04 Å². The zero-order valence-electron chi connectivity index (χ0n) is 8.96. The number of carbonyl (C=O) groups excluding carboxylic acids is 2. The molecule has 5 heteroatoms. The van der Waals surface area contributed by atoms with Gasteiger partial charge in [0.15, 0.2) is 0 Å². The molecule has 0 aromatic rings. The molecule has 0 spiro atoms. The number of nitrogens with one attached hydrogen (secondary N) is 2. The highest BCUT2D eigenvalue weighted by Gasteiger charge is 2.24. The fourth-order valence-electron chi connectivity index (χ4n) is 1.09. The number of amides is 2. The van der Waals surface area contributed by atoms with Gasteiger partial charge in [-0.25, -0.2) is 0 Å². The summed E-state index contributed by atoms with van der Waals surface area (Å²) < 4.78 is 0. The van der Waals surface area contributed by atoms with Gasteiger partial charge in [-0.1, -0.05) is 20.3 Å². The molecule has 2 unspecified atom stereocenters. The summed E-state index contributed by atoms with van der Waals surface area (Å²) in [7, 11) is 1.55. The van der Waals surface area contributed by atoms with E-state index in [1.165, 1.54) is 0 Å². The van der Waals surface area contributed by atoms with E-state index in [0.717, 1.165) is 6.42 Å². The largest absolute Gasteiger partial charge is 0.357 e. The Morgan fingerprint density at radius 1 is 1.43 bits per heavy atom. The quantitative estimate of drug-likeness (QED) is 0.545. The van der Waals surface area contributed by atoms with Crippen molar-refractivity contribution in [3.63, 3.8) is 0 Å². The molecule has 0 aliphatic rings. The summed E-state index contributed by atoms with van der Waals surface area (Å²) in [6.45, 7) is 3.79. The number of carbonyl (C=O) groups is 2. The molecule has 0 saturated carbocycles. The maximum atomic E-state index is 11.4.